The fraction of sp³-hybridized carbons (Fsp3) is 0.562. The first-order chi connectivity index (χ1) is 11.3. The number of ether oxygens (including phenoxy) is 1. The highest BCUT2D eigenvalue weighted by atomic mass is 16.5. The number of aryl methyl sites for hydroxylation is 1. The second kappa shape index (κ2) is 7.52. The zero-order chi connectivity index (χ0) is 16.1. The molecule has 0 saturated carbocycles. The first-order valence-electron chi connectivity index (χ1n) is 8.14. The third-order valence-corrected chi connectivity index (χ3v) is 3.96. The topological polar surface area (TPSA) is 68.1 Å². The van der Waals surface area contributed by atoms with Crippen LogP contribution in [-0.4, -0.2) is 51.4 Å². The van der Waals surface area contributed by atoms with Crippen molar-refractivity contribution in [2.75, 3.05) is 32.1 Å². The summed E-state index contributed by atoms with van der Waals surface area (Å²) in [5.41, 5.74) is 2.12. The van der Waals surface area contributed by atoms with Gasteiger partial charge in [0.1, 0.15) is 17.6 Å². The molecule has 124 valence electrons. The van der Waals surface area contributed by atoms with Crippen LogP contribution in [0.25, 0.3) is 0 Å². The Morgan fingerprint density at radius 2 is 2.22 bits per heavy atom. The van der Waals surface area contributed by atoms with Crippen LogP contribution in [0.3, 0.4) is 0 Å². The summed E-state index contributed by atoms with van der Waals surface area (Å²) in [7, 11) is 1.86. The Balaban J connectivity index is 1.65. The monoisotopic (exact) mass is 316 g/mol. The molecule has 7 nitrogen and oxygen atoms in total. The molecule has 0 aromatic carbocycles. The third-order valence-electron chi connectivity index (χ3n) is 3.96. The number of anilines is 1. The highest BCUT2D eigenvalue weighted by Gasteiger charge is 2.25. The Morgan fingerprint density at radius 1 is 1.35 bits per heavy atom. The average molecular weight is 316 g/mol. The molecule has 1 aliphatic rings. The van der Waals surface area contributed by atoms with Crippen molar-refractivity contribution in [3.05, 3.63) is 36.0 Å². The van der Waals surface area contributed by atoms with Crippen LogP contribution < -0.4 is 5.32 Å². The van der Waals surface area contributed by atoms with Gasteiger partial charge in [-0.25, -0.2) is 4.98 Å². The van der Waals surface area contributed by atoms with E-state index in [1.165, 1.54) is 5.56 Å². The van der Waals surface area contributed by atoms with E-state index in [1.807, 2.05) is 17.9 Å². The van der Waals surface area contributed by atoms with Crippen LogP contribution in [-0.2, 0) is 17.8 Å². The molecule has 3 heterocycles. The molecule has 0 unspecified atom stereocenters. The van der Waals surface area contributed by atoms with Crippen molar-refractivity contribution >= 4 is 5.82 Å². The lowest BCUT2D eigenvalue weighted by Crippen LogP contribution is -2.38. The lowest BCUT2D eigenvalue weighted by Gasteiger charge is -2.32. The number of morpholine rings is 1. The quantitative estimate of drug-likeness (QED) is 0.875. The summed E-state index contributed by atoms with van der Waals surface area (Å²) < 4.78 is 7.92. The fourth-order valence-electron chi connectivity index (χ4n) is 2.89. The normalized spacial score (nSPS) is 19.0. The molecule has 0 spiro atoms. The van der Waals surface area contributed by atoms with Gasteiger partial charge in [0.25, 0.3) is 0 Å². The lowest BCUT2D eigenvalue weighted by molar-refractivity contribution is -0.0347. The first kappa shape index (κ1) is 15.9. The predicted octanol–water partition coefficient (Wildman–Crippen LogP) is 1.70. The van der Waals surface area contributed by atoms with Gasteiger partial charge in [0.2, 0.25) is 0 Å². The molecule has 1 saturated heterocycles. The summed E-state index contributed by atoms with van der Waals surface area (Å²) in [6.45, 7) is 6.45. The largest absolute Gasteiger partial charge is 0.372 e. The van der Waals surface area contributed by atoms with Crippen LogP contribution in [0.4, 0.5) is 5.82 Å². The van der Waals surface area contributed by atoms with Crippen molar-refractivity contribution in [2.24, 2.45) is 0 Å². The van der Waals surface area contributed by atoms with Gasteiger partial charge in [-0.3, -0.25) is 14.6 Å². The molecule has 0 aliphatic carbocycles. The number of rotatable bonds is 6. The molecule has 0 amide bonds. The molecule has 7 heteroatoms. The van der Waals surface area contributed by atoms with Crippen LogP contribution in [0.15, 0.2) is 24.8 Å². The second-order valence-corrected chi connectivity index (χ2v) is 5.75. The molecule has 0 radical (unpaired) electrons. The fourth-order valence-corrected chi connectivity index (χ4v) is 2.89. The molecule has 0 bridgehead atoms. The minimum Gasteiger partial charge on any atom is -0.372 e. The second-order valence-electron chi connectivity index (χ2n) is 5.75. The van der Waals surface area contributed by atoms with Gasteiger partial charge in [0.15, 0.2) is 0 Å². The van der Waals surface area contributed by atoms with E-state index < -0.39 is 0 Å². The van der Waals surface area contributed by atoms with Gasteiger partial charge in [-0.1, -0.05) is 6.92 Å². The SMILES string of the molecule is CCCn1cc(CN2CCO[C@H](c3nccnc3NC)C2)cn1. The summed E-state index contributed by atoms with van der Waals surface area (Å²) >= 11 is 0. The maximum atomic E-state index is 5.91. The van der Waals surface area contributed by atoms with Crippen molar-refractivity contribution in [1.29, 1.82) is 0 Å². The highest BCUT2D eigenvalue weighted by Crippen LogP contribution is 2.25. The van der Waals surface area contributed by atoms with Gasteiger partial charge in [-0.2, -0.15) is 5.10 Å². The van der Waals surface area contributed by atoms with E-state index in [0.717, 1.165) is 44.1 Å². The van der Waals surface area contributed by atoms with Crippen LogP contribution in [0.2, 0.25) is 0 Å². The summed E-state index contributed by atoms with van der Waals surface area (Å²) in [5.74, 6) is 0.787. The van der Waals surface area contributed by atoms with Gasteiger partial charge < -0.3 is 10.1 Å². The average Bonchev–Trinajstić information content (AvgIpc) is 3.02. The highest BCUT2D eigenvalue weighted by molar-refractivity contribution is 5.40. The van der Waals surface area contributed by atoms with E-state index in [4.69, 9.17) is 4.74 Å². The summed E-state index contributed by atoms with van der Waals surface area (Å²) in [6, 6.07) is 0. The van der Waals surface area contributed by atoms with Crippen molar-refractivity contribution in [3.63, 3.8) is 0 Å². The molecule has 1 atom stereocenters. The molecule has 1 aliphatic heterocycles. The molecule has 3 rings (SSSR count). The Morgan fingerprint density at radius 3 is 3.04 bits per heavy atom. The Labute approximate surface area is 136 Å². The smallest absolute Gasteiger partial charge is 0.150 e. The van der Waals surface area contributed by atoms with E-state index in [1.54, 1.807) is 12.4 Å². The van der Waals surface area contributed by atoms with Gasteiger partial charge in [-0.05, 0) is 6.42 Å². The minimum absolute atomic E-state index is 0.0504. The molecular weight excluding hydrogens is 292 g/mol. The summed E-state index contributed by atoms with van der Waals surface area (Å²) in [4.78, 5) is 11.2. The number of nitrogens with zero attached hydrogens (tertiary/aromatic N) is 5. The number of hydrogen-bond acceptors (Lipinski definition) is 6. The summed E-state index contributed by atoms with van der Waals surface area (Å²) in [6.07, 6.45) is 8.55. The van der Waals surface area contributed by atoms with Crippen molar-refractivity contribution < 1.29 is 4.74 Å². The first-order valence-corrected chi connectivity index (χ1v) is 8.14. The van der Waals surface area contributed by atoms with Crippen molar-refractivity contribution in [3.8, 4) is 0 Å². The maximum absolute atomic E-state index is 5.91. The van der Waals surface area contributed by atoms with E-state index in [2.05, 4.69) is 38.4 Å². The molecule has 23 heavy (non-hydrogen) atoms. The van der Waals surface area contributed by atoms with Gasteiger partial charge >= 0.3 is 0 Å². The lowest BCUT2D eigenvalue weighted by atomic mass is 10.2. The van der Waals surface area contributed by atoms with E-state index in [-0.39, 0.29) is 6.10 Å². The van der Waals surface area contributed by atoms with Gasteiger partial charge in [-0.15, -0.1) is 0 Å². The molecule has 2 aromatic rings. The maximum Gasteiger partial charge on any atom is 0.150 e. The third kappa shape index (κ3) is 3.86. The molecule has 1 N–H and O–H groups in total. The number of hydrogen-bond donors (Lipinski definition) is 1. The van der Waals surface area contributed by atoms with Crippen LogP contribution in [0, 0.1) is 0 Å². The van der Waals surface area contributed by atoms with Gasteiger partial charge in [0, 0.05) is 57.4 Å². The molecule has 1 fully saturated rings. The van der Waals surface area contributed by atoms with Crippen LogP contribution in [0.5, 0.6) is 0 Å². The zero-order valence-corrected chi connectivity index (χ0v) is 13.8. The number of nitrogens with one attached hydrogen (secondary N) is 1. The molecular formula is C16H24N6O. The predicted molar refractivity (Wildman–Crippen MR) is 88.1 cm³/mol. The standard InChI is InChI=1S/C16H24N6O/c1-3-6-22-11-13(9-20-22)10-21-7-8-23-14(12-21)15-16(17-2)19-5-4-18-15/h4-5,9,11,14H,3,6-8,10,12H2,1-2H3,(H,17,19)/t14-/m0/s1. The van der Waals surface area contributed by atoms with Crippen molar-refractivity contribution in [2.45, 2.75) is 32.5 Å². The van der Waals surface area contributed by atoms with E-state index in [0.29, 0.717) is 6.61 Å². The van der Waals surface area contributed by atoms with Crippen LogP contribution >= 0.6 is 0 Å². The van der Waals surface area contributed by atoms with Crippen LogP contribution in [0.1, 0.15) is 30.7 Å². The number of aromatic nitrogens is 4. The Kier molecular flexibility index (Phi) is 5.19. The Bertz CT molecular complexity index is 629. The minimum atomic E-state index is -0.0504. The van der Waals surface area contributed by atoms with Gasteiger partial charge in [0.05, 0.1) is 12.8 Å². The van der Waals surface area contributed by atoms with E-state index in [9.17, 15) is 0 Å². The Hall–Kier alpha value is -1.99. The summed E-state index contributed by atoms with van der Waals surface area (Å²) in [5, 5.41) is 7.49. The molecule has 2 aromatic heterocycles. The van der Waals surface area contributed by atoms with E-state index >= 15 is 0 Å². The van der Waals surface area contributed by atoms with Crippen molar-refractivity contribution in [1.82, 2.24) is 24.6 Å². The zero-order valence-electron chi connectivity index (χ0n) is 13.8.